The van der Waals surface area contributed by atoms with Crippen LogP contribution < -0.4 is 28.1 Å². The Morgan fingerprint density at radius 1 is 0.763 bits per heavy atom. The Morgan fingerprint density at radius 3 is 1.92 bits per heavy atom. The van der Waals surface area contributed by atoms with Gasteiger partial charge in [0.15, 0.2) is 0 Å². The van der Waals surface area contributed by atoms with Gasteiger partial charge in [-0.1, -0.05) is 0 Å². The molecule has 38 heavy (non-hydrogen) atoms. The molecule has 2 aromatic carbocycles. The SMILES string of the molecule is CC1=CC(C)[C]([Zr+2](=[C]2CCCCC2)[c]2cc(C(C)(C)C)cc3c2Cc2ccc(C(C)(C)C)cc2-3)=C1C.[Cl-].[Cl-]. The van der Waals surface area contributed by atoms with E-state index in [0.29, 0.717) is 5.92 Å². The Hall–Kier alpha value is -0.747. The fourth-order valence-corrected chi connectivity index (χ4v) is 16.1. The third kappa shape index (κ3) is 5.83. The Balaban J connectivity index is 0.00000200. The molecule has 3 aliphatic rings. The van der Waals surface area contributed by atoms with Gasteiger partial charge in [-0.3, -0.25) is 0 Å². The number of hydrogen-bond donors (Lipinski definition) is 0. The van der Waals surface area contributed by atoms with Gasteiger partial charge in [0.25, 0.3) is 0 Å². The van der Waals surface area contributed by atoms with E-state index in [1.165, 1.54) is 54.4 Å². The maximum atomic E-state index is 2.71. The van der Waals surface area contributed by atoms with Crippen molar-refractivity contribution in [3.05, 3.63) is 73.1 Å². The molecule has 0 nitrogen and oxygen atoms in total. The van der Waals surface area contributed by atoms with Crippen LogP contribution in [0.15, 0.2) is 50.8 Å². The van der Waals surface area contributed by atoms with Gasteiger partial charge in [-0.2, -0.15) is 0 Å². The maximum absolute atomic E-state index is 2.71. The van der Waals surface area contributed by atoms with Crippen molar-refractivity contribution >= 4 is 6.48 Å². The summed E-state index contributed by atoms with van der Waals surface area (Å²) >= 11 is -2.26. The number of allylic oxidation sites excluding steroid dienone is 4. The van der Waals surface area contributed by atoms with Crippen LogP contribution in [0.4, 0.5) is 0 Å². The molecular weight excluding hydrogens is 583 g/mol. The van der Waals surface area contributed by atoms with E-state index in [9.17, 15) is 0 Å². The van der Waals surface area contributed by atoms with Gasteiger partial charge in [0.1, 0.15) is 0 Å². The molecule has 2 aromatic rings. The minimum absolute atomic E-state index is 0. The van der Waals surface area contributed by atoms with Crippen LogP contribution in [-0.4, -0.2) is 3.21 Å². The maximum Gasteiger partial charge on any atom is -1.00 e. The molecule has 0 spiro atoms. The molecule has 0 aliphatic heterocycles. The van der Waals surface area contributed by atoms with Gasteiger partial charge in [-0.25, -0.2) is 0 Å². The van der Waals surface area contributed by atoms with Crippen molar-refractivity contribution in [2.45, 2.75) is 112 Å². The molecule has 1 atom stereocenters. The number of halogens is 2. The summed E-state index contributed by atoms with van der Waals surface area (Å²) in [6.07, 6.45) is 10.7. The van der Waals surface area contributed by atoms with Crippen molar-refractivity contribution in [1.82, 2.24) is 0 Å². The van der Waals surface area contributed by atoms with Gasteiger partial charge in [-0.15, -0.1) is 0 Å². The first-order valence-electron chi connectivity index (χ1n) is 14.3. The standard InChI is InChI=1S/C21H25.C8H11.C6H10.2ClH.Zr/c1-20(2,3)16-9-7-14-11-15-8-10-17(21(4,5)6)13-19(15)18(14)12-16;1-6-4-7(2)8(3)5-6;1-2-4-6-5-3-1;;;/h7,9-10,12-13H,11H2,1-6H3;4,6H,1-3H3;1-5H2;2*1H;/q;;;;;+2/p-2. The van der Waals surface area contributed by atoms with Crippen LogP contribution in [0.2, 0.25) is 0 Å². The van der Waals surface area contributed by atoms with E-state index < -0.39 is 21.3 Å². The fraction of sp³-hybridized carbons (Fsp3) is 0.514. The Kier molecular flexibility index (Phi) is 9.72. The summed E-state index contributed by atoms with van der Waals surface area (Å²) in [7, 11) is 0. The second-order valence-electron chi connectivity index (χ2n) is 13.8. The molecule has 0 heterocycles. The predicted octanol–water partition coefficient (Wildman–Crippen LogP) is 3.11. The molecule has 1 unspecified atom stereocenters. The smallest absolute Gasteiger partial charge is 1.00 e. The first-order valence-corrected chi connectivity index (χ1v) is 18.0. The average Bonchev–Trinajstić information content (AvgIpc) is 3.30. The van der Waals surface area contributed by atoms with E-state index in [4.69, 9.17) is 0 Å². The summed E-state index contributed by atoms with van der Waals surface area (Å²) in [4.78, 5) is 0. The van der Waals surface area contributed by atoms with Gasteiger partial charge >= 0.3 is 230 Å². The minimum Gasteiger partial charge on any atom is -1.00 e. The third-order valence-corrected chi connectivity index (χ3v) is 17.8. The first-order chi connectivity index (χ1) is 16.9. The molecule has 1 fully saturated rings. The van der Waals surface area contributed by atoms with Crippen LogP contribution in [0, 0.1) is 5.92 Å². The Bertz CT molecular complexity index is 1320. The van der Waals surface area contributed by atoms with Gasteiger partial charge < -0.3 is 24.8 Å². The normalized spacial score (nSPS) is 18.7. The molecule has 0 radical (unpaired) electrons. The second-order valence-corrected chi connectivity index (χ2v) is 20.0. The Labute approximate surface area is 252 Å². The summed E-state index contributed by atoms with van der Waals surface area (Å²) in [6, 6.07) is 12.7. The summed E-state index contributed by atoms with van der Waals surface area (Å²) in [5.41, 5.74) is 12.8. The Morgan fingerprint density at radius 2 is 1.37 bits per heavy atom. The van der Waals surface area contributed by atoms with Crippen LogP contribution in [0.1, 0.15) is 117 Å². The zero-order valence-corrected chi connectivity index (χ0v) is 29.0. The fourth-order valence-electron chi connectivity index (χ4n) is 6.70. The van der Waals surface area contributed by atoms with E-state index in [0.717, 1.165) is 6.42 Å². The molecular formula is C35H46Cl2Zr. The van der Waals surface area contributed by atoms with Crippen molar-refractivity contribution in [2.24, 2.45) is 5.92 Å². The number of benzene rings is 2. The summed E-state index contributed by atoms with van der Waals surface area (Å²) in [5.74, 6) is 0.610. The van der Waals surface area contributed by atoms with E-state index >= 15 is 0 Å². The molecule has 3 aliphatic carbocycles. The molecule has 0 amide bonds. The summed E-state index contributed by atoms with van der Waals surface area (Å²) < 4.78 is 5.69. The van der Waals surface area contributed by atoms with E-state index in [1.807, 2.05) is 9.76 Å². The number of rotatable bonds is 2. The van der Waals surface area contributed by atoms with Gasteiger partial charge in [0.2, 0.25) is 0 Å². The van der Waals surface area contributed by atoms with Crippen molar-refractivity contribution in [3.63, 3.8) is 0 Å². The van der Waals surface area contributed by atoms with Crippen molar-refractivity contribution < 1.29 is 46.1 Å². The zero-order chi connectivity index (χ0) is 26.0. The monoisotopic (exact) mass is 626 g/mol. The third-order valence-electron chi connectivity index (χ3n) is 9.05. The topological polar surface area (TPSA) is 0 Å². The van der Waals surface area contributed by atoms with Crippen molar-refractivity contribution in [1.29, 1.82) is 0 Å². The van der Waals surface area contributed by atoms with Crippen LogP contribution >= 0.6 is 0 Å². The van der Waals surface area contributed by atoms with Crippen LogP contribution in [-0.2, 0) is 38.5 Å². The van der Waals surface area contributed by atoms with Crippen molar-refractivity contribution in [2.75, 3.05) is 0 Å². The van der Waals surface area contributed by atoms with E-state index in [-0.39, 0.29) is 35.6 Å². The predicted molar refractivity (Wildman–Crippen MR) is 155 cm³/mol. The minimum atomic E-state index is -2.26. The molecule has 0 saturated heterocycles. The average molecular weight is 629 g/mol. The van der Waals surface area contributed by atoms with Gasteiger partial charge in [-0.05, 0) is 0 Å². The molecule has 0 bridgehead atoms. The summed E-state index contributed by atoms with van der Waals surface area (Å²) in [5, 5.41) is 0. The molecule has 0 aromatic heterocycles. The molecule has 1 saturated carbocycles. The van der Waals surface area contributed by atoms with Crippen molar-refractivity contribution in [3.8, 4) is 11.1 Å². The number of fused-ring (bicyclic) bond motifs is 3. The largest absolute Gasteiger partial charge is 1.00 e. The first kappa shape index (κ1) is 31.8. The molecule has 0 N–H and O–H groups in total. The zero-order valence-electron chi connectivity index (χ0n) is 25.0. The van der Waals surface area contributed by atoms with Crippen LogP contribution in [0.25, 0.3) is 11.1 Å². The second kappa shape index (κ2) is 11.6. The van der Waals surface area contributed by atoms with Gasteiger partial charge in [0, 0.05) is 0 Å². The molecule has 5 rings (SSSR count). The van der Waals surface area contributed by atoms with E-state index in [1.54, 1.807) is 22.3 Å². The molecule has 204 valence electrons. The van der Waals surface area contributed by atoms with Gasteiger partial charge in [0.05, 0.1) is 0 Å². The quantitative estimate of drug-likeness (QED) is 0.410. The number of hydrogen-bond acceptors (Lipinski definition) is 0. The van der Waals surface area contributed by atoms with Crippen LogP contribution in [0.5, 0.6) is 0 Å². The summed E-state index contributed by atoms with van der Waals surface area (Å²) in [6.45, 7) is 21.5. The van der Waals surface area contributed by atoms with Crippen LogP contribution in [0.3, 0.4) is 0 Å². The van der Waals surface area contributed by atoms with E-state index in [2.05, 4.69) is 98.7 Å². The molecule has 3 heteroatoms.